The molecular formula is C23H18FN3O3. The van der Waals surface area contributed by atoms with E-state index < -0.39 is 5.91 Å². The van der Waals surface area contributed by atoms with Crippen LogP contribution in [0.1, 0.15) is 21.5 Å². The van der Waals surface area contributed by atoms with Crippen LogP contribution in [0.3, 0.4) is 0 Å². The number of phenols is 2. The second kappa shape index (κ2) is 8.08. The summed E-state index contributed by atoms with van der Waals surface area (Å²) in [4.78, 5) is 12.2. The van der Waals surface area contributed by atoms with Gasteiger partial charge in [-0.05, 0) is 35.9 Å². The molecular weight excluding hydrogens is 385 g/mol. The van der Waals surface area contributed by atoms with Crippen LogP contribution in [0.5, 0.6) is 11.5 Å². The molecule has 0 saturated heterocycles. The lowest BCUT2D eigenvalue weighted by molar-refractivity contribution is 0.0952. The van der Waals surface area contributed by atoms with E-state index in [1.54, 1.807) is 12.1 Å². The van der Waals surface area contributed by atoms with Crippen molar-refractivity contribution in [3.8, 4) is 11.5 Å². The van der Waals surface area contributed by atoms with Crippen LogP contribution in [0, 0.1) is 5.82 Å². The number of rotatable bonds is 5. The fraction of sp³-hybridized carbons (Fsp3) is 0.0435. The molecule has 0 saturated carbocycles. The average Bonchev–Trinajstić information content (AvgIpc) is 3.07. The molecule has 3 N–H and O–H groups in total. The normalized spacial score (nSPS) is 11.2. The van der Waals surface area contributed by atoms with Crippen molar-refractivity contribution < 1.29 is 19.4 Å². The molecule has 4 rings (SSSR count). The van der Waals surface area contributed by atoms with Crippen LogP contribution in [0.15, 0.2) is 78.0 Å². The summed E-state index contributed by atoms with van der Waals surface area (Å²) in [5.41, 5.74) is 5.11. The van der Waals surface area contributed by atoms with E-state index in [2.05, 4.69) is 10.5 Å². The van der Waals surface area contributed by atoms with Crippen molar-refractivity contribution in [2.75, 3.05) is 0 Å². The van der Waals surface area contributed by atoms with E-state index >= 15 is 0 Å². The van der Waals surface area contributed by atoms with Crippen LogP contribution in [-0.4, -0.2) is 26.9 Å². The van der Waals surface area contributed by atoms with Crippen molar-refractivity contribution >= 4 is 23.0 Å². The second-order valence-corrected chi connectivity index (χ2v) is 6.76. The maximum absolute atomic E-state index is 13.2. The van der Waals surface area contributed by atoms with Gasteiger partial charge in [0.05, 0.1) is 11.8 Å². The molecule has 150 valence electrons. The number of para-hydroxylation sites is 1. The number of aromatic nitrogens is 1. The Bertz CT molecular complexity index is 1250. The summed E-state index contributed by atoms with van der Waals surface area (Å²) < 4.78 is 15.2. The van der Waals surface area contributed by atoms with Gasteiger partial charge in [0.1, 0.15) is 17.3 Å². The van der Waals surface area contributed by atoms with E-state index in [-0.39, 0.29) is 22.9 Å². The molecule has 0 bridgehead atoms. The molecule has 3 aromatic carbocycles. The fourth-order valence-corrected chi connectivity index (χ4v) is 3.23. The van der Waals surface area contributed by atoms with Gasteiger partial charge in [0, 0.05) is 35.3 Å². The number of amides is 1. The average molecular weight is 403 g/mol. The Kier molecular flexibility index (Phi) is 5.17. The molecule has 0 aliphatic rings. The zero-order valence-electron chi connectivity index (χ0n) is 15.8. The van der Waals surface area contributed by atoms with Gasteiger partial charge in [0.2, 0.25) is 0 Å². The van der Waals surface area contributed by atoms with Gasteiger partial charge in [-0.15, -0.1) is 0 Å². The number of nitrogens with one attached hydrogen (secondary N) is 1. The largest absolute Gasteiger partial charge is 0.508 e. The number of halogens is 1. The number of hydrazone groups is 1. The van der Waals surface area contributed by atoms with Gasteiger partial charge in [-0.1, -0.05) is 30.3 Å². The molecule has 6 nitrogen and oxygen atoms in total. The van der Waals surface area contributed by atoms with Crippen molar-refractivity contribution in [3.05, 3.63) is 95.4 Å². The number of hydrogen-bond acceptors (Lipinski definition) is 4. The minimum Gasteiger partial charge on any atom is -0.508 e. The molecule has 0 radical (unpaired) electrons. The minimum atomic E-state index is -0.598. The van der Waals surface area contributed by atoms with Crippen LogP contribution < -0.4 is 5.43 Å². The molecule has 1 aromatic heterocycles. The summed E-state index contributed by atoms with van der Waals surface area (Å²) in [6, 6.07) is 17.8. The number of carbonyl (C=O) groups excluding carboxylic acids is 1. The van der Waals surface area contributed by atoms with Gasteiger partial charge in [-0.3, -0.25) is 4.79 Å². The van der Waals surface area contributed by atoms with E-state index in [1.165, 1.54) is 30.5 Å². The standard InChI is InChI=1S/C23H18FN3O3/c24-17-7-5-15(6-8-17)13-27-14-16(19-3-1-2-4-21(19)27)12-25-26-23(30)20-10-9-18(28)11-22(20)29/h1-12,14,28-29H,13H2,(H,26,30). The highest BCUT2D eigenvalue weighted by atomic mass is 19.1. The highest BCUT2D eigenvalue weighted by Crippen LogP contribution is 2.23. The molecule has 30 heavy (non-hydrogen) atoms. The molecule has 1 heterocycles. The van der Waals surface area contributed by atoms with Gasteiger partial charge < -0.3 is 14.8 Å². The summed E-state index contributed by atoms with van der Waals surface area (Å²) in [6.45, 7) is 0.558. The molecule has 0 fully saturated rings. The SMILES string of the molecule is O=C(NN=Cc1cn(Cc2ccc(F)cc2)c2ccccc12)c1ccc(O)cc1O. The van der Waals surface area contributed by atoms with Gasteiger partial charge >= 0.3 is 0 Å². The maximum Gasteiger partial charge on any atom is 0.275 e. The number of hydrogen-bond donors (Lipinski definition) is 3. The first-order valence-corrected chi connectivity index (χ1v) is 9.19. The minimum absolute atomic E-state index is 0.00341. The van der Waals surface area contributed by atoms with Crippen molar-refractivity contribution in [2.24, 2.45) is 5.10 Å². The van der Waals surface area contributed by atoms with Gasteiger partial charge in [-0.2, -0.15) is 5.10 Å². The quantitative estimate of drug-likeness (QED) is 0.348. The third kappa shape index (κ3) is 4.00. The molecule has 0 aliphatic heterocycles. The van der Waals surface area contributed by atoms with Gasteiger partial charge in [0.25, 0.3) is 5.91 Å². The number of nitrogens with zero attached hydrogens (tertiary/aromatic N) is 2. The van der Waals surface area contributed by atoms with Crippen LogP contribution in [0.4, 0.5) is 4.39 Å². The molecule has 0 aliphatic carbocycles. The lowest BCUT2D eigenvalue weighted by Gasteiger charge is -2.05. The Morgan fingerprint density at radius 3 is 2.60 bits per heavy atom. The first-order valence-electron chi connectivity index (χ1n) is 9.19. The maximum atomic E-state index is 13.2. The number of fused-ring (bicyclic) bond motifs is 1. The highest BCUT2D eigenvalue weighted by Gasteiger charge is 2.11. The van der Waals surface area contributed by atoms with E-state index in [9.17, 15) is 19.4 Å². The summed E-state index contributed by atoms with van der Waals surface area (Å²) in [5.74, 6) is -1.35. The summed E-state index contributed by atoms with van der Waals surface area (Å²) in [7, 11) is 0. The molecule has 0 spiro atoms. The van der Waals surface area contributed by atoms with E-state index in [0.717, 1.165) is 28.1 Å². The predicted molar refractivity (Wildman–Crippen MR) is 112 cm³/mol. The lowest BCUT2D eigenvalue weighted by Crippen LogP contribution is -2.17. The first-order chi connectivity index (χ1) is 14.5. The third-order valence-corrected chi connectivity index (χ3v) is 4.68. The van der Waals surface area contributed by atoms with Crippen molar-refractivity contribution in [1.29, 1.82) is 0 Å². The van der Waals surface area contributed by atoms with E-state index in [0.29, 0.717) is 6.54 Å². The number of benzene rings is 3. The van der Waals surface area contributed by atoms with E-state index in [1.807, 2.05) is 35.0 Å². The van der Waals surface area contributed by atoms with Gasteiger partial charge in [0.15, 0.2) is 0 Å². The monoisotopic (exact) mass is 403 g/mol. The zero-order chi connectivity index (χ0) is 21.1. The zero-order valence-corrected chi connectivity index (χ0v) is 15.8. The van der Waals surface area contributed by atoms with Gasteiger partial charge in [-0.25, -0.2) is 9.82 Å². The topological polar surface area (TPSA) is 86.9 Å². The Morgan fingerprint density at radius 1 is 1.07 bits per heavy atom. The van der Waals surface area contributed by atoms with Crippen LogP contribution >= 0.6 is 0 Å². The predicted octanol–water partition coefficient (Wildman–Crippen LogP) is 4.00. The number of aromatic hydroxyl groups is 2. The lowest BCUT2D eigenvalue weighted by atomic mass is 10.2. The highest BCUT2D eigenvalue weighted by molar-refractivity contribution is 6.01. The van der Waals surface area contributed by atoms with E-state index in [4.69, 9.17) is 0 Å². The summed E-state index contributed by atoms with van der Waals surface area (Å²) in [5, 5.41) is 24.1. The molecule has 0 atom stereocenters. The Balaban J connectivity index is 1.56. The smallest absolute Gasteiger partial charge is 0.275 e. The molecule has 4 aromatic rings. The first kappa shape index (κ1) is 19.2. The third-order valence-electron chi connectivity index (χ3n) is 4.68. The Labute approximate surface area is 171 Å². The summed E-state index contributed by atoms with van der Waals surface area (Å²) in [6.07, 6.45) is 3.43. The van der Waals surface area contributed by atoms with Crippen molar-refractivity contribution in [1.82, 2.24) is 9.99 Å². The Morgan fingerprint density at radius 2 is 1.83 bits per heavy atom. The molecule has 7 heteroatoms. The van der Waals surface area contributed by atoms with Crippen molar-refractivity contribution in [3.63, 3.8) is 0 Å². The molecule has 1 amide bonds. The summed E-state index contributed by atoms with van der Waals surface area (Å²) >= 11 is 0. The molecule has 0 unspecified atom stereocenters. The second-order valence-electron chi connectivity index (χ2n) is 6.76. The van der Waals surface area contributed by atoms with Crippen LogP contribution in [-0.2, 0) is 6.54 Å². The number of carbonyl (C=O) groups is 1. The Hall–Kier alpha value is -4.13. The van der Waals surface area contributed by atoms with Crippen molar-refractivity contribution in [2.45, 2.75) is 6.54 Å². The van der Waals surface area contributed by atoms with Crippen LogP contribution in [0.2, 0.25) is 0 Å². The fourth-order valence-electron chi connectivity index (χ4n) is 3.23. The number of phenolic OH excluding ortho intramolecular Hbond substituents is 2. The van der Waals surface area contributed by atoms with Crippen LogP contribution in [0.25, 0.3) is 10.9 Å².